The number of rotatable bonds is 4. The Hall–Kier alpha value is -1.87. The fourth-order valence-corrected chi connectivity index (χ4v) is 2.16. The zero-order chi connectivity index (χ0) is 14.7. The van der Waals surface area contributed by atoms with Gasteiger partial charge in [0.15, 0.2) is 0 Å². The van der Waals surface area contributed by atoms with Gasteiger partial charge in [0.1, 0.15) is 17.3 Å². The summed E-state index contributed by atoms with van der Waals surface area (Å²) in [6, 6.07) is 12.2. The third-order valence-corrected chi connectivity index (χ3v) is 3.59. The molecule has 2 rings (SSSR count). The molecule has 0 spiro atoms. The van der Waals surface area contributed by atoms with E-state index in [0.717, 1.165) is 28.0 Å². The first-order chi connectivity index (χ1) is 9.47. The van der Waals surface area contributed by atoms with Crippen LogP contribution in [0.4, 0.5) is 0 Å². The van der Waals surface area contributed by atoms with E-state index in [0.29, 0.717) is 11.6 Å². The lowest BCUT2D eigenvalue weighted by Crippen LogP contribution is -2.10. The first-order valence-corrected chi connectivity index (χ1v) is 6.97. The van der Waals surface area contributed by atoms with E-state index < -0.39 is 0 Å². The van der Waals surface area contributed by atoms with Crippen LogP contribution < -0.4 is 10.5 Å². The summed E-state index contributed by atoms with van der Waals surface area (Å²) in [5.74, 6) is 0.933. The van der Waals surface area contributed by atoms with Crippen LogP contribution in [0.3, 0.4) is 0 Å². The molecule has 0 heterocycles. The molecule has 20 heavy (non-hydrogen) atoms. The molecule has 0 fully saturated rings. The number of aryl methyl sites for hydroxylation is 3. The predicted octanol–water partition coefficient (Wildman–Crippen LogP) is 3.83. The van der Waals surface area contributed by atoms with Crippen LogP contribution in [0.15, 0.2) is 36.4 Å². The van der Waals surface area contributed by atoms with E-state index in [4.69, 9.17) is 22.7 Å². The van der Waals surface area contributed by atoms with Crippen LogP contribution in [0.5, 0.6) is 5.75 Å². The van der Waals surface area contributed by atoms with E-state index in [1.54, 1.807) is 0 Å². The molecule has 0 aliphatic carbocycles. The maximum absolute atomic E-state index is 5.92. The quantitative estimate of drug-likeness (QED) is 0.867. The third kappa shape index (κ3) is 3.36. The number of thiocarbonyl (C=S) groups is 1. The van der Waals surface area contributed by atoms with Crippen molar-refractivity contribution in [3.8, 4) is 5.75 Å². The Kier molecular flexibility index (Phi) is 4.40. The van der Waals surface area contributed by atoms with Crippen molar-refractivity contribution in [3.05, 3.63) is 64.2 Å². The van der Waals surface area contributed by atoms with E-state index >= 15 is 0 Å². The number of hydrogen-bond donors (Lipinski definition) is 1. The topological polar surface area (TPSA) is 35.2 Å². The number of ether oxygens (including phenoxy) is 1. The first kappa shape index (κ1) is 14.5. The van der Waals surface area contributed by atoms with Gasteiger partial charge in [-0.2, -0.15) is 0 Å². The van der Waals surface area contributed by atoms with Crippen molar-refractivity contribution >= 4 is 17.2 Å². The fraction of sp³-hybridized carbons (Fsp3) is 0.235. The second kappa shape index (κ2) is 6.06. The molecule has 0 unspecified atom stereocenters. The molecule has 0 radical (unpaired) electrons. The lowest BCUT2D eigenvalue weighted by atomic mass is 10.1. The second-order valence-corrected chi connectivity index (χ2v) is 5.50. The highest BCUT2D eigenvalue weighted by Gasteiger charge is 2.05. The van der Waals surface area contributed by atoms with Crippen LogP contribution in [0.2, 0.25) is 0 Å². The first-order valence-electron chi connectivity index (χ1n) is 6.57. The predicted molar refractivity (Wildman–Crippen MR) is 87.3 cm³/mol. The van der Waals surface area contributed by atoms with Crippen molar-refractivity contribution in [1.29, 1.82) is 0 Å². The summed E-state index contributed by atoms with van der Waals surface area (Å²) < 4.78 is 5.92. The molecular weight excluding hydrogens is 266 g/mol. The molecule has 0 saturated heterocycles. The Morgan fingerprint density at radius 3 is 2.45 bits per heavy atom. The third-order valence-electron chi connectivity index (χ3n) is 3.35. The van der Waals surface area contributed by atoms with Gasteiger partial charge in [-0.3, -0.25) is 0 Å². The molecule has 0 aliphatic rings. The summed E-state index contributed by atoms with van der Waals surface area (Å²) in [4.78, 5) is 0.426. The normalized spacial score (nSPS) is 10.3. The zero-order valence-corrected chi connectivity index (χ0v) is 12.9. The van der Waals surface area contributed by atoms with E-state index in [-0.39, 0.29) is 0 Å². The van der Waals surface area contributed by atoms with Gasteiger partial charge in [0.2, 0.25) is 0 Å². The van der Waals surface area contributed by atoms with Crippen LogP contribution in [0.1, 0.15) is 27.8 Å². The molecule has 2 N–H and O–H groups in total. The van der Waals surface area contributed by atoms with Crippen LogP contribution in [0.25, 0.3) is 0 Å². The van der Waals surface area contributed by atoms with Gasteiger partial charge in [-0.1, -0.05) is 36.5 Å². The van der Waals surface area contributed by atoms with Crippen molar-refractivity contribution < 1.29 is 4.74 Å². The monoisotopic (exact) mass is 285 g/mol. The van der Waals surface area contributed by atoms with Gasteiger partial charge in [-0.15, -0.1) is 0 Å². The number of nitrogens with two attached hydrogens (primary N) is 1. The van der Waals surface area contributed by atoms with Gasteiger partial charge in [-0.25, -0.2) is 0 Å². The minimum atomic E-state index is 0.426. The number of hydrogen-bond acceptors (Lipinski definition) is 2. The Morgan fingerprint density at radius 2 is 1.80 bits per heavy atom. The number of benzene rings is 2. The molecule has 0 aromatic heterocycles. The minimum Gasteiger partial charge on any atom is -0.489 e. The van der Waals surface area contributed by atoms with Gasteiger partial charge >= 0.3 is 0 Å². The molecule has 0 bridgehead atoms. The van der Waals surface area contributed by atoms with Crippen LogP contribution in [-0.4, -0.2) is 4.99 Å². The molecular formula is C17H19NOS. The van der Waals surface area contributed by atoms with Gasteiger partial charge in [0.05, 0.1) is 0 Å². The average Bonchev–Trinajstić information content (AvgIpc) is 2.40. The van der Waals surface area contributed by atoms with E-state index in [1.807, 2.05) is 25.1 Å². The SMILES string of the molecule is Cc1ccc(C)c(OCc2ccc(C(N)=S)cc2C)c1. The minimum absolute atomic E-state index is 0.426. The lowest BCUT2D eigenvalue weighted by Gasteiger charge is -2.12. The Labute approximate surface area is 125 Å². The van der Waals surface area contributed by atoms with Crippen molar-refractivity contribution in [3.63, 3.8) is 0 Å². The molecule has 2 aromatic rings. The van der Waals surface area contributed by atoms with Crippen molar-refractivity contribution in [2.45, 2.75) is 27.4 Å². The standard InChI is InChI=1S/C17H19NOS/c1-11-4-5-12(2)16(8-11)19-10-15-7-6-14(17(18)20)9-13(15)3/h4-9H,10H2,1-3H3,(H2,18,20). The average molecular weight is 285 g/mol. The molecule has 2 nitrogen and oxygen atoms in total. The second-order valence-electron chi connectivity index (χ2n) is 5.06. The highest BCUT2D eigenvalue weighted by molar-refractivity contribution is 7.80. The molecule has 2 aromatic carbocycles. The van der Waals surface area contributed by atoms with Gasteiger partial charge < -0.3 is 10.5 Å². The van der Waals surface area contributed by atoms with E-state index in [1.165, 1.54) is 5.56 Å². The summed E-state index contributed by atoms with van der Waals surface area (Å²) in [5.41, 5.74) is 11.2. The zero-order valence-electron chi connectivity index (χ0n) is 12.1. The molecule has 0 atom stereocenters. The van der Waals surface area contributed by atoms with Crippen LogP contribution in [-0.2, 0) is 6.61 Å². The largest absolute Gasteiger partial charge is 0.489 e. The molecule has 3 heteroatoms. The highest BCUT2D eigenvalue weighted by atomic mass is 32.1. The lowest BCUT2D eigenvalue weighted by molar-refractivity contribution is 0.303. The van der Waals surface area contributed by atoms with Crippen molar-refractivity contribution in [1.82, 2.24) is 0 Å². The summed E-state index contributed by atoms with van der Waals surface area (Å²) in [5, 5.41) is 0. The summed E-state index contributed by atoms with van der Waals surface area (Å²) in [6.45, 7) is 6.71. The summed E-state index contributed by atoms with van der Waals surface area (Å²) in [6.07, 6.45) is 0. The van der Waals surface area contributed by atoms with Gasteiger partial charge in [-0.05, 0) is 55.2 Å². The molecule has 104 valence electrons. The highest BCUT2D eigenvalue weighted by Crippen LogP contribution is 2.21. The summed E-state index contributed by atoms with van der Waals surface area (Å²) >= 11 is 4.98. The van der Waals surface area contributed by atoms with Gasteiger partial charge in [0, 0.05) is 5.56 Å². The Morgan fingerprint density at radius 1 is 1.05 bits per heavy atom. The summed E-state index contributed by atoms with van der Waals surface area (Å²) in [7, 11) is 0. The fourth-order valence-electron chi connectivity index (χ4n) is 2.03. The van der Waals surface area contributed by atoms with Crippen LogP contribution in [0, 0.1) is 20.8 Å². The Balaban J connectivity index is 2.15. The molecule has 0 aliphatic heterocycles. The maximum atomic E-state index is 5.92. The molecule has 0 amide bonds. The van der Waals surface area contributed by atoms with Crippen molar-refractivity contribution in [2.24, 2.45) is 5.73 Å². The van der Waals surface area contributed by atoms with E-state index in [9.17, 15) is 0 Å². The van der Waals surface area contributed by atoms with E-state index in [2.05, 4.69) is 32.0 Å². The van der Waals surface area contributed by atoms with Gasteiger partial charge in [0.25, 0.3) is 0 Å². The smallest absolute Gasteiger partial charge is 0.122 e. The maximum Gasteiger partial charge on any atom is 0.122 e. The molecule has 0 saturated carbocycles. The van der Waals surface area contributed by atoms with Crippen molar-refractivity contribution in [2.75, 3.05) is 0 Å². The van der Waals surface area contributed by atoms with Crippen LogP contribution >= 0.6 is 12.2 Å². The Bertz CT molecular complexity index is 649.